The van der Waals surface area contributed by atoms with Crippen molar-refractivity contribution in [2.75, 3.05) is 0 Å². The number of non-ortho nitro benzene ring substituents is 1. The van der Waals surface area contributed by atoms with Crippen LogP contribution in [0.15, 0.2) is 42.6 Å². The summed E-state index contributed by atoms with van der Waals surface area (Å²) < 4.78 is 5.83. The third-order valence-electron chi connectivity index (χ3n) is 4.48. The molecule has 8 heteroatoms. The van der Waals surface area contributed by atoms with Gasteiger partial charge in [-0.3, -0.25) is 14.9 Å². The average Bonchev–Trinajstić information content (AvgIpc) is 2.70. The van der Waals surface area contributed by atoms with E-state index in [1.54, 1.807) is 18.2 Å². The van der Waals surface area contributed by atoms with Gasteiger partial charge in [0.25, 0.3) is 11.6 Å². The number of carbonyl (C=O) groups is 1. The monoisotopic (exact) mass is 366 g/mol. The first-order chi connectivity index (χ1) is 13.0. The van der Waals surface area contributed by atoms with Crippen molar-refractivity contribution in [1.29, 1.82) is 5.26 Å². The molecule has 1 amide bonds. The van der Waals surface area contributed by atoms with Crippen molar-refractivity contribution in [3.05, 3.63) is 63.8 Å². The predicted molar refractivity (Wildman–Crippen MR) is 96.2 cm³/mol. The van der Waals surface area contributed by atoms with Crippen molar-refractivity contribution >= 4 is 11.6 Å². The molecule has 3 rings (SSSR count). The van der Waals surface area contributed by atoms with Gasteiger partial charge >= 0.3 is 0 Å². The first kappa shape index (κ1) is 18.3. The second kappa shape index (κ2) is 8.27. The number of ether oxygens (including phenoxy) is 1. The summed E-state index contributed by atoms with van der Waals surface area (Å²) in [5, 5.41) is 22.5. The van der Waals surface area contributed by atoms with Crippen molar-refractivity contribution in [2.45, 2.75) is 37.8 Å². The van der Waals surface area contributed by atoms with Crippen LogP contribution >= 0.6 is 0 Å². The zero-order valence-corrected chi connectivity index (χ0v) is 14.5. The number of nitrogens with zero attached hydrogens (tertiary/aromatic N) is 3. The summed E-state index contributed by atoms with van der Waals surface area (Å²) in [5.41, 5.74) is 0.661. The molecule has 2 aromatic rings. The molecule has 0 aliphatic heterocycles. The van der Waals surface area contributed by atoms with Gasteiger partial charge in [0.2, 0.25) is 5.88 Å². The fourth-order valence-corrected chi connectivity index (χ4v) is 3.04. The lowest BCUT2D eigenvalue weighted by molar-refractivity contribution is -0.384. The van der Waals surface area contributed by atoms with Crippen molar-refractivity contribution < 1.29 is 14.5 Å². The van der Waals surface area contributed by atoms with Gasteiger partial charge in [-0.05, 0) is 37.8 Å². The van der Waals surface area contributed by atoms with E-state index in [9.17, 15) is 14.9 Å². The van der Waals surface area contributed by atoms with E-state index in [1.807, 2.05) is 6.07 Å². The highest BCUT2D eigenvalue weighted by Gasteiger charge is 2.24. The Morgan fingerprint density at radius 3 is 2.67 bits per heavy atom. The van der Waals surface area contributed by atoms with E-state index in [2.05, 4.69) is 10.3 Å². The summed E-state index contributed by atoms with van der Waals surface area (Å²) in [5.74, 6) is 0.176. The van der Waals surface area contributed by atoms with E-state index < -0.39 is 4.92 Å². The minimum Gasteiger partial charge on any atom is -0.474 e. The molecule has 1 fully saturated rings. The molecule has 1 aliphatic rings. The van der Waals surface area contributed by atoms with E-state index >= 15 is 0 Å². The Balaban J connectivity index is 1.50. The SMILES string of the molecule is N#Cc1ccc(OC2CCC(NC(=O)c3cccc([N+](=O)[O-])c3)CC2)nc1. The highest BCUT2D eigenvalue weighted by atomic mass is 16.6. The number of pyridine rings is 1. The van der Waals surface area contributed by atoms with Gasteiger partial charge in [0, 0.05) is 36.0 Å². The predicted octanol–water partition coefficient (Wildman–Crippen LogP) is 2.98. The number of nitrogens with one attached hydrogen (secondary N) is 1. The van der Waals surface area contributed by atoms with Crippen LogP contribution in [0.5, 0.6) is 5.88 Å². The number of nitriles is 1. The molecule has 8 nitrogen and oxygen atoms in total. The average molecular weight is 366 g/mol. The molecule has 0 spiro atoms. The molecule has 0 radical (unpaired) electrons. The fourth-order valence-electron chi connectivity index (χ4n) is 3.04. The molecule has 1 N–H and O–H groups in total. The molecule has 138 valence electrons. The van der Waals surface area contributed by atoms with E-state index in [0.717, 1.165) is 25.7 Å². The molecule has 0 saturated heterocycles. The zero-order valence-electron chi connectivity index (χ0n) is 14.5. The van der Waals surface area contributed by atoms with E-state index in [4.69, 9.17) is 10.00 Å². The summed E-state index contributed by atoms with van der Waals surface area (Å²) >= 11 is 0. The third-order valence-corrected chi connectivity index (χ3v) is 4.48. The van der Waals surface area contributed by atoms with Crippen molar-refractivity contribution in [3.63, 3.8) is 0 Å². The molecular weight excluding hydrogens is 348 g/mol. The Bertz CT molecular complexity index is 868. The maximum absolute atomic E-state index is 12.3. The number of rotatable bonds is 5. The lowest BCUT2D eigenvalue weighted by Crippen LogP contribution is -2.39. The largest absolute Gasteiger partial charge is 0.474 e. The molecule has 27 heavy (non-hydrogen) atoms. The maximum Gasteiger partial charge on any atom is 0.270 e. The highest BCUT2D eigenvalue weighted by Crippen LogP contribution is 2.23. The van der Waals surface area contributed by atoms with Crippen LogP contribution in [-0.2, 0) is 0 Å². The van der Waals surface area contributed by atoms with Gasteiger partial charge in [0.15, 0.2) is 0 Å². The van der Waals surface area contributed by atoms with Gasteiger partial charge in [-0.2, -0.15) is 5.26 Å². The number of aromatic nitrogens is 1. The van der Waals surface area contributed by atoms with Crippen LogP contribution in [0.2, 0.25) is 0 Å². The third kappa shape index (κ3) is 4.79. The number of nitro benzene ring substituents is 1. The number of amides is 1. The molecule has 1 aromatic heterocycles. The van der Waals surface area contributed by atoms with Crippen LogP contribution in [0, 0.1) is 21.4 Å². The lowest BCUT2D eigenvalue weighted by Gasteiger charge is -2.29. The van der Waals surface area contributed by atoms with E-state index in [-0.39, 0.29) is 29.3 Å². The molecule has 1 heterocycles. The summed E-state index contributed by atoms with van der Waals surface area (Å²) in [7, 11) is 0. The van der Waals surface area contributed by atoms with Crippen LogP contribution in [0.1, 0.15) is 41.6 Å². The van der Waals surface area contributed by atoms with Crippen LogP contribution < -0.4 is 10.1 Å². The van der Waals surface area contributed by atoms with Crippen molar-refractivity contribution in [2.24, 2.45) is 0 Å². The van der Waals surface area contributed by atoms with Crippen molar-refractivity contribution in [1.82, 2.24) is 10.3 Å². The van der Waals surface area contributed by atoms with Gasteiger partial charge < -0.3 is 10.1 Å². The van der Waals surface area contributed by atoms with Crippen LogP contribution in [0.25, 0.3) is 0 Å². The molecule has 1 aliphatic carbocycles. The fraction of sp³-hybridized carbons (Fsp3) is 0.316. The van der Waals surface area contributed by atoms with Gasteiger partial charge in [0.1, 0.15) is 12.2 Å². The Morgan fingerprint density at radius 2 is 2.04 bits per heavy atom. The van der Waals surface area contributed by atoms with Crippen LogP contribution in [-0.4, -0.2) is 28.0 Å². The number of hydrogen-bond donors (Lipinski definition) is 1. The topological polar surface area (TPSA) is 118 Å². The Kier molecular flexibility index (Phi) is 5.61. The maximum atomic E-state index is 12.3. The van der Waals surface area contributed by atoms with Gasteiger partial charge in [-0.1, -0.05) is 6.07 Å². The first-order valence-electron chi connectivity index (χ1n) is 8.63. The van der Waals surface area contributed by atoms with Crippen LogP contribution in [0.3, 0.4) is 0 Å². The normalized spacial score (nSPS) is 18.9. The van der Waals surface area contributed by atoms with E-state index in [0.29, 0.717) is 11.4 Å². The smallest absolute Gasteiger partial charge is 0.270 e. The molecule has 1 saturated carbocycles. The van der Waals surface area contributed by atoms with Gasteiger partial charge in [-0.15, -0.1) is 0 Å². The Morgan fingerprint density at radius 1 is 1.26 bits per heavy atom. The summed E-state index contributed by atoms with van der Waals surface area (Å²) in [6.07, 6.45) is 4.52. The first-order valence-corrected chi connectivity index (χ1v) is 8.63. The minimum atomic E-state index is -0.517. The summed E-state index contributed by atoms with van der Waals surface area (Å²) in [6.45, 7) is 0. The van der Waals surface area contributed by atoms with Gasteiger partial charge in [0.05, 0.1) is 10.5 Å². The van der Waals surface area contributed by atoms with Crippen LogP contribution in [0.4, 0.5) is 5.69 Å². The molecule has 1 aromatic carbocycles. The summed E-state index contributed by atoms with van der Waals surface area (Å²) in [4.78, 5) is 26.7. The lowest BCUT2D eigenvalue weighted by atomic mass is 9.92. The Hall–Kier alpha value is -3.47. The number of nitro groups is 1. The minimum absolute atomic E-state index is 0.00513. The number of hydrogen-bond acceptors (Lipinski definition) is 6. The molecule has 0 bridgehead atoms. The second-order valence-electron chi connectivity index (χ2n) is 6.37. The zero-order chi connectivity index (χ0) is 19.2. The van der Waals surface area contributed by atoms with Crippen molar-refractivity contribution in [3.8, 4) is 11.9 Å². The quantitative estimate of drug-likeness (QED) is 0.642. The molecular formula is C19H18N4O4. The van der Waals surface area contributed by atoms with Gasteiger partial charge in [-0.25, -0.2) is 4.98 Å². The number of carbonyl (C=O) groups excluding carboxylic acids is 1. The second-order valence-corrected chi connectivity index (χ2v) is 6.37. The standard InChI is InChI=1S/C19H18N4O4/c20-11-13-4-9-18(21-12-13)27-17-7-5-15(6-8-17)22-19(24)14-2-1-3-16(10-14)23(25)26/h1-4,9-10,12,15,17H,5-8H2,(H,22,24). The molecule has 0 unspecified atom stereocenters. The summed E-state index contributed by atoms with van der Waals surface area (Å²) in [6, 6.07) is 11.1. The number of benzene rings is 1. The highest BCUT2D eigenvalue weighted by molar-refractivity contribution is 5.95. The molecule has 0 atom stereocenters. The Labute approximate surface area is 155 Å². The van der Waals surface area contributed by atoms with E-state index in [1.165, 1.54) is 24.4 Å².